The van der Waals surface area contributed by atoms with E-state index in [1.165, 1.54) is 6.42 Å². The van der Waals surface area contributed by atoms with E-state index < -0.39 is 0 Å². The van der Waals surface area contributed by atoms with Crippen molar-refractivity contribution in [1.29, 1.82) is 0 Å². The summed E-state index contributed by atoms with van der Waals surface area (Å²) in [5.41, 5.74) is 1.88. The number of nitrogens with zero attached hydrogens (tertiary/aromatic N) is 2. The summed E-state index contributed by atoms with van der Waals surface area (Å²) in [6.07, 6.45) is 4.30. The lowest BCUT2D eigenvalue weighted by molar-refractivity contribution is 0.0694. The molecule has 1 aromatic rings. The first-order chi connectivity index (χ1) is 8.59. The van der Waals surface area contributed by atoms with Gasteiger partial charge in [0.1, 0.15) is 0 Å². The van der Waals surface area contributed by atoms with E-state index in [1.807, 2.05) is 18.7 Å². The van der Waals surface area contributed by atoms with Crippen molar-refractivity contribution in [2.75, 3.05) is 6.54 Å². The number of rotatable bonds is 4. The molecule has 0 aromatic carbocycles. The van der Waals surface area contributed by atoms with Crippen LogP contribution in [0.2, 0.25) is 5.02 Å². The number of aliphatic hydroxyl groups is 1. The zero-order valence-corrected chi connectivity index (χ0v) is 11.9. The molecule has 102 valence electrons. The van der Waals surface area contributed by atoms with Gasteiger partial charge in [-0.2, -0.15) is 5.10 Å². The largest absolute Gasteiger partial charge is 0.393 e. The molecule has 5 heteroatoms. The van der Waals surface area contributed by atoms with Gasteiger partial charge in [-0.05, 0) is 25.7 Å². The molecule has 1 heterocycles. The number of aromatic nitrogens is 2. The van der Waals surface area contributed by atoms with Crippen molar-refractivity contribution < 1.29 is 5.11 Å². The fraction of sp³-hybridized carbons (Fsp3) is 0.769. The highest BCUT2D eigenvalue weighted by Crippen LogP contribution is 2.24. The molecule has 1 aromatic heterocycles. The Morgan fingerprint density at radius 2 is 2.17 bits per heavy atom. The molecular formula is C13H22ClN3O. The SMILES string of the molecule is Cc1nn(C)c(CNCC2CCCCC2O)c1Cl. The van der Waals surface area contributed by atoms with Gasteiger partial charge in [0.05, 0.1) is 22.5 Å². The van der Waals surface area contributed by atoms with Gasteiger partial charge in [-0.3, -0.25) is 4.68 Å². The Labute approximate surface area is 113 Å². The number of aryl methyl sites for hydroxylation is 2. The van der Waals surface area contributed by atoms with Crippen LogP contribution in [0, 0.1) is 12.8 Å². The third-order valence-corrected chi connectivity index (χ3v) is 4.32. The van der Waals surface area contributed by atoms with Gasteiger partial charge in [0.25, 0.3) is 0 Å². The average molecular weight is 272 g/mol. The molecule has 0 saturated heterocycles. The summed E-state index contributed by atoms with van der Waals surface area (Å²) in [5.74, 6) is 0.381. The zero-order chi connectivity index (χ0) is 13.1. The van der Waals surface area contributed by atoms with Gasteiger partial charge >= 0.3 is 0 Å². The van der Waals surface area contributed by atoms with E-state index in [0.717, 1.165) is 42.2 Å². The van der Waals surface area contributed by atoms with Crippen molar-refractivity contribution in [2.45, 2.75) is 45.3 Å². The lowest BCUT2D eigenvalue weighted by Gasteiger charge is -2.27. The Balaban J connectivity index is 1.84. The van der Waals surface area contributed by atoms with E-state index in [0.29, 0.717) is 12.5 Å². The van der Waals surface area contributed by atoms with Crippen LogP contribution in [0.5, 0.6) is 0 Å². The minimum Gasteiger partial charge on any atom is -0.393 e. The second-order valence-corrected chi connectivity index (χ2v) is 5.59. The number of aliphatic hydroxyl groups excluding tert-OH is 1. The van der Waals surface area contributed by atoms with Crippen molar-refractivity contribution in [3.63, 3.8) is 0 Å². The molecular weight excluding hydrogens is 250 g/mol. The Morgan fingerprint density at radius 1 is 1.44 bits per heavy atom. The van der Waals surface area contributed by atoms with Crippen molar-refractivity contribution in [3.8, 4) is 0 Å². The van der Waals surface area contributed by atoms with Crippen LogP contribution in [0.1, 0.15) is 37.1 Å². The maximum absolute atomic E-state index is 9.90. The Bertz CT molecular complexity index is 405. The quantitative estimate of drug-likeness (QED) is 0.881. The molecule has 0 radical (unpaired) electrons. The number of halogens is 1. The number of nitrogens with one attached hydrogen (secondary N) is 1. The van der Waals surface area contributed by atoms with Gasteiger partial charge in [-0.25, -0.2) is 0 Å². The van der Waals surface area contributed by atoms with E-state index in [-0.39, 0.29) is 6.10 Å². The lowest BCUT2D eigenvalue weighted by Crippen LogP contribution is -2.33. The summed E-state index contributed by atoms with van der Waals surface area (Å²) in [6, 6.07) is 0. The van der Waals surface area contributed by atoms with E-state index in [2.05, 4.69) is 10.4 Å². The van der Waals surface area contributed by atoms with Crippen LogP contribution >= 0.6 is 11.6 Å². The molecule has 0 bridgehead atoms. The lowest BCUT2D eigenvalue weighted by atomic mass is 9.86. The molecule has 1 fully saturated rings. The van der Waals surface area contributed by atoms with Gasteiger partial charge in [0, 0.05) is 20.1 Å². The number of hydrogen-bond acceptors (Lipinski definition) is 3. The van der Waals surface area contributed by atoms with Gasteiger partial charge in [-0.15, -0.1) is 0 Å². The minimum atomic E-state index is -0.144. The fourth-order valence-corrected chi connectivity index (χ4v) is 2.90. The third kappa shape index (κ3) is 3.05. The van der Waals surface area contributed by atoms with Crippen molar-refractivity contribution in [1.82, 2.24) is 15.1 Å². The first-order valence-electron chi connectivity index (χ1n) is 6.66. The highest BCUT2D eigenvalue weighted by Gasteiger charge is 2.22. The smallest absolute Gasteiger partial charge is 0.0860 e. The summed E-state index contributed by atoms with van der Waals surface area (Å²) in [5, 5.41) is 18.3. The second kappa shape index (κ2) is 6.04. The van der Waals surface area contributed by atoms with E-state index in [4.69, 9.17) is 11.6 Å². The van der Waals surface area contributed by atoms with Gasteiger partial charge in [0.15, 0.2) is 0 Å². The highest BCUT2D eigenvalue weighted by molar-refractivity contribution is 6.31. The zero-order valence-electron chi connectivity index (χ0n) is 11.1. The predicted molar refractivity (Wildman–Crippen MR) is 72.6 cm³/mol. The molecule has 0 spiro atoms. The van der Waals surface area contributed by atoms with Crippen LogP contribution in [-0.4, -0.2) is 27.5 Å². The third-order valence-electron chi connectivity index (χ3n) is 3.83. The Kier molecular flexibility index (Phi) is 4.65. The molecule has 2 N–H and O–H groups in total. The molecule has 0 amide bonds. The van der Waals surface area contributed by atoms with Crippen molar-refractivity contribution >= 4 is 11.6 Å². The first-order valence-corrected chi connectivity index (χ1v) is 7.04. The summed E-state index contributed by atoms with van der Waals surface area (Å²) in [6.45, 7) is 3.47. The molecule has 0 aliphatic heterocycles. The first kappa shape index (κ1) is 13.8. The highest BCUT2D eigenvalue weighted by atomic mass is 35.5. The van der Waals surface area contributed by atoms with Crippen molar-refractivity contribution in [2.24, 2.45) is 13.0 Å². The van der Waals surface area contributed by atoms with Gasteiger partial charge < -0.3 is 10.4 Å². The molecule has 4 nitrogen and oxygen atoms in total. The Hall–Kier alpha value is -0.580. The van der Waals surface area contributed by atoms with Gasteiger partial charge in [0.2, 0.25) is 0 Å². The topological polar surface area (TPSA) is 50.1 Å². The maximum Gasteiger partial charge on any atom is 0.0860 e. The van der Waals surface area contributed by atoms with E-state index in [1.54, 1.807) is 0 Å². The van der Waals surface area contributed by atoms with E-state index in [9.17, 15) is 5.11 Å². The predicted octanol–water partition coefficient (Wildman–Crippen LogP) is 2.02. The second-order valence-electron chi connectivity index (χ2n) is 5.21. The summed E-state index contributed by atoms with van der Waals surface area (Å²) < 4.78 is 1.82. The standard InChI is InChI=1S/C13H22ClN3O/c1-9-13(14)11(17(2)16-9)8-15-7-10-5-3-4-6-12(10)18/h10,12,15,18H,3-8H2,1-2H3. The number of hydrogen-bond donors (Lipinski definition) is 2. The molecule has 1 aliphatic carbocycles. The molecule has 18 heavy (non-hydrogen) atoms. The van der Waals surface area contributed by atoms with Crippen molar-refractivity contribution in [3.05, 3.63) is 16.4 Å². The molecule has 2 unspecified atom stereocenters. The summed E-state index contributed by atoms with van der Waals surface area (Å²) in [4.78, 5) is 0. The average Bonchev–Trinajstić information content (AvgIpc) is 2.58. The van der Waals surface area contributed by atoms with Crippen LogP contribution in [0.4, 0.5) is 0 Å². The summed E-state index contributed by atoms with van der Waals surface area (Å²) in [7, 11) is 1.91. The normalized spacial score (nSPS) is 24.4. The van der Waals surface area contributed by atoms with Gasteiger partial charge in [-0.1, -0.05) is 24.4 Å². The fourth-order valence-electron chi connectivity index (χ4n) is 2.67. The summed E-state index contributed by atoms with van der Waals surface area (Å²) >= 11 is 6.19. The van der Waals surface area contributed by atoms with Crippen LogP contribution < -0.4 is 5.32 Å². The van der Waals surface area contributed by atoms with Crippen LogP contribution in [0.25, 0.3) is 0 Å². The van der Waals surface area contributed by atoms with Crippen LogP contribution in [-0.2, 0) is 13.6 Å². The minimum absolute atomic E-state index is 0.144. The molecule has 1 aliphatic rings. The van der Waals surface area contributed by atoms with Crippen LogP contribution in [0.3, 0.4) is 0 Å². The molecule has 2 rings (SSSR count). The molecule has 1 saturated carbocycles. The Morgan fingerprint density at radius 3 is 2.78 bits per heavy atom. The monoisotopic (exact) mass is 271 g/mol. The van der Waals surface area contributed by atoms with E-state index >= 15 is 0 Å². The maximum atomic E-state index is 9.90. The van der Waals surface area contributed by atoms with Crippen LogP contribution in [0.15, 0.2) is 0 Å². The molecule has 2 atom stereocenters.